The molecule has 0 fully saturated rings. The van der Waals surface area contributed by atoms with Gasteiger partial charge in [-0.2, -0.15) is 8.42 Å². The highest BCUT2D eigenvalue weighted by Gasteiger charge is 2.23. The van der Waals surface area contributed by atoms with Gasteiger partial charge in [-0.05, 0) is 56.2 Å². The molecule has 0 saturated heterocycles. The molecule has 1 N–H and O–H groups in total. The normalized spacial score (nSPS) is 13.1. The SMILES string of the molecule is Cc1ccc(S(=O)(=O)NC(CCOS(=O)(=O)c2ccc(C)cc2)c2cccnc2)cc1. The van der Waals surface area contributed by atoms with E-state index in [0.29, 0.717) is 5.56 Å². The molecule has 0 radical (unpaired) electrons. The summed E-state index contributed by atoms with van der Waals surface area (Å²) in [7, 11) is -7.78. The standard InChI is InChI=1S/C22H24N2O5S2/c1-17-5-9-20(10-6-17)30(25,26)24-22(19-4-3-14-23-16-19)13-15-29-31(27,28)21-11-7-18(2)8-12-21/h3-12,14,16,22,24H,13,15H2,1-2H3. The number of aromatic nitrogens is 1. The van der Waals surface area contributed by atoms with E-state index in [9.17, 15) is 16.8 Å². The van der Waals surface area contributed by atoms with E-state index in [1.165, 1.54) is 30.5 Å². The van der Waals surface area contributed by atoms with Crippen molar-refractivity contribution in [1.29, 1.82) is 0 Å². The molecule has 0 amide bonds. The Hall–Kier alpha value is -2.59. The predicted octanol–water partition coefficient (Wildman–Crippen LogP) is 3.51. The van der Waals surface area contributed by atoms with Gasteiger partial charge in [0.2, 0.25) is 10.0 Å². The van der Waals surface area contributed by atoms with Crippen LogP contribution in [0.4, 0.5) is 0 Å². The van der Waals surface area contributed by atoms with Gasteiger partial charge < -0.3 is 0 Å². The Bertz CT molecular complexity index is 1210. The second-order valence-corrected chi connectivity index (χ2v) is 10.5. The van der Waals surface area contributed by atoms with Crippen molar-refractivity contribution in [2.75, 3.05) is 6.61 Å². The van der Waals surface area contributed by atoms with E-state index in [0.717, 1.165) is 11.1 Å². The average Bonchev–Trinajstić information content (AvgIpc) is 2.74. The molecule has 1 heterocycles. The van der Waals surface area contributed by atoms with Crippen molar-refractivity contribution in [1.82, 2.24) is 9.71 Å². The molecule has 0 bridgehead atoms. The van der Waals surface area contributed by atoms with Crippen molar-refractivity contribution >= 4 is 20.1 Å². The summed E-state index contributed by atoms with van der Waals surface area (Å²) in [5.74, 6) is 0. The van der Waals surface area contributed by atoms with Gasteiger partial charge in [0, 0.05) is 12.4 Å². The number of nitrogens with zero attached hydrogens (tertiary/aromatic N) is 1. The molecule has 0 spiro atoms. The van der Waals surface area contributed by atoms with Crippen molar-refractivity contribution < 1.29 is 21.0 Å². The first-order valence-electron chi connectivity index (χ1n) is 9.62. The first kappa shape index (κ1) is 23.1. The fourth-order valence-corrected chi connectivity index (χ4v) is 5.08. The molecule has 0 aliphatic heterocycles. The van der Waals surface area contributed by atoms with Crippen LogP contribution in [0.2, 0.25) is 0 Å². The quantitative estimate of drug-likeness (QED) is 0.490. The van der Waals surface area contributed by atoms with E-state index >= 15 is 0 Å². The molecular weight excluding hydrogens is 436 g/mol. The lowest BCUT2D eigenvalue weighted by molar-refractivity contribution is 0.297. The molecule has 0 saturated carbocycles. The van der Waals surface area contributed by atoms with E-state index in [-0.39, 0.29) is 22.8 Å². The van der Waals surface area contributed by atoms with Crippen LogP contribution in [0.5, 0.6) is 0 Å². The second-order valence-electron chi connectivity index (χ2n) is 7.15. The van der Waals surface area contributed by atoms with E-state index < -0.39 is 26.2 Å². The van der Waals surface area contributed by atoms with E-state index in [1.807, 2.05) is 13.8 Å². The second kappa shape index (κ2) is 9.69. The van der Waals surface area contributed by atoms with Gasteiger partial charge in [-0.25, -0.2) is 13.1 Å². The van der Waals surface area contributed by atoms with Crippen LogP contribution in [-0.2, 0) is 24.3 Å². The summed E-state index contributed by atoms with van der Waals surface area (Å²) in [6.07, 6.45) is 3.21. The van der Waals surface area contributed by atoms with Gasteiger partial charge in [0.15, 0.2) is 0 Å². The van der Waals surface area contributed by atoms with Crippen LogP contribution >= 0.6 is 0 Å². The minimum Gasteiger partial charge on any atom is -0.266 e. The third-order valence-corrected chi connectivity index (χ3v) is 7.48. The zero-order valence-electron chi connectivity index (χ0n) is 17.2. The molecule has 3 rings (SSSR count). The Morgan fingerprint density at radius 2 is 1.45 bits per heavy atom. The summed E-state index contributed by atoms with van der Waals surface area (Å²) in [4.78, 5) is 4.22. The smallest absolute Gasteiger partial charge is 0.266 e. The van der Waals surface area contributed by atoms with Crippen LogP contribution in [0.25, 0.3) is 0 Å². The Balaban J connectivity index is 1.75. The fourth-order valence-electron chi connectivity index (χ4n) is 2.90. The lowest BCUT2D eigenvalue weighted by atomic mass is 10.1. The Morgan fingerprint density at radius 1 is 0.871 bits per heavy atom. The Kier molecular flexibility index (Phi) is 7.22. The number of aryl methyl sites for hydroxylation is 2. The highest BCUT2D eigenvalue weighted by Crippen LogP contribution is 2.22. The van der Waals surface area contributed by atoms with Gasteiger partial charge in [-0.15, -0.1) is 0 Å². The largest absolute Gasteiger partial charge is 0.296 e. The van der Waals surface area contributed by atoms with Gasteiger partial charge in [-0.1, -0.05) is 41.5 Å². The minimum absolute atomic E-state index is 0.0521. The van der Waals surface area contributed by atoms with Gasteiger partial charge in [0.1, 0.15) is 0 Å². The molecule has 1 atom stereocenters. The summed E-state index contributed by atoms with van der Waals surface area (Å²) >= 11 is 0. The highest BCUT2D eigenvalue weighted by molar-refractivity contribution is 7.89. The lowest BCUT2D eigenvalue weighted by Gasteiger charge is -2.19. The minimum atomic E-state index is -3.95. The molecule has 1 unspecified atom stereocenters. The zero-order chi connectivity index (χ0) is 22.5. The summed E-state index contributed by atoms with van der Waals surface area (Å²) < 4.78 is 58.4. The molecule has 31 heavy (non-hydrogen) atoms. The third-order valence-electron chi connectivity index (χ3n) is 4.67. The Morgan fingerprint density at radius 3 is 2.00 bits per heavy atom. The Labute approximate surface area is 183 Å². The highest BCUT2D eigenvalue weighted by atomic mass is 32.2. The molecule has 9 heteroatoms. The number of hydrogen-bond donors (Lipinski definition) is 1. The van der Waals surface area contributed by atoms with Crippen LogP contribution in [-0.4, -0.2) is 28.4 Å². The van der Waals surface area contributed by atoms with Crippen LogP contribution in [0, 0.1) is 13.8 Å². The number of rotatable bonds is 9. The van der Waals surface area contributed by atoms with Gasteiger partial charge in [0.25, 0.3) is 10.1 Å². The zero-order valence-corrected chi connectivity index (χ0v) is 18.9. The van der Waals surface area contributed by atoms with E-state index in [1.54, 1.807) is 42.6 Å². The van der Waals surface area contributed by atoms with Crippen molar-refractivity contribution in [3.63, 3.8) is 0 Å². The first-order valence-corrected chi connectivity index (χ1v) is 12.5. The molecular formula is C22H24N2O5S2. The fraction of sp³-hybridized carbons (Fsp3) is 0.227. The van der Waals surface area contributed by atoms with Gasteiger partial charge in [0.05, 0.1) is 22.4 Å². The van der Waals surface area contributed by atoms with Crippen LogP contribution in [0.1, 0.15) is 29.2 Å². The van der Waals surface area contributed by atoms with E-state index in [2.05, 4.69) is 9.71 Å². The predicted molar refractivity (Wildman–Crippen MR) is 117 cm³/mol. The topological polar surface area (TPSA) is 102 Å². The maximum Gasteiger partial charge on any atom is 0.296 e. The number of nitrogens with one attached hydrogen (secondary N) is 1. The van der Waals surface area contributed by atoms with Crippen LogP contribution < -0.4 is 4.72 Å². The van der Waals surface area contributed by atoms with Crippen molar-refractivity contribution in [3.05, 3.63) is 89.7 Å². The van der Waals surface area contributed by atoms with Gasteiger partial charge in [-0.3, -0.25) is 9.17 Å². The van der Waals surface area contributed by atoms with Crippen molar-refractivity contribution in [2.24, 2.45) is 0 Å². The summed E-state index contributed by atoms with van der Waals surface area (Å²) in [5, 5.41) is 0. The number of pyridine rings is 1. The molecule has 2 aromatic carbocycles. The maximum absolute atomic E-state index is 12.9. The summed E-state index contributed by atoms with van der Waals surface area (Å²) in [6.45, 7) is 3.52. The molecule has 3 aromatic rings. The number of sulfonamides is 1. The summed E-state index contributed by atoms with van der Waals surface area (Å²) in [6, 6.07) is 15.5. The molecule has 0 aliphatic rings. The molecule has 1 aromatic heterocycles. The number of benzene rings is 2. The van der Waals surface area contributed by atoms with Crippen LogP contribution in [0.3, 0.4) is 0 Å². The first-order chi connectivity index (χ1) is 14.7. The lowest BCUT2D eigenvalue weighted by Crippen LogP contribution is -2.30. The number of hydrogen-bond acceptors (Lipinski definition) is 6. The van der Waals surface area contributed by atoms with Crippen molar-refractivity contribution in [3.8, 4) is 0 Å². The van der Waals surface area contributed by atoms with E-state index in [4.69, 9.17) is 4.18 Å². The molecule has 7 nitrogen and oxygen atoms in total. The summed E-state index contributed by atoms with van der Waals surface area (Å²) in [5.41, 5.74) is 2.48. The molecule has 164 valence electrons. The third kappa shape index (κ3) is 6.20. The van der Waals surface area contributed by atoms with Crippen molar-refractivity contribution in [2.45, 2.75) is 36.1 Å². The van der Waals surface area contributed by atoms with Crippen LogP contribution in [0.15, 0.2) is 82.8 Å². The molecule has 0 aliphatic carbocycles. The van der Waals surface area contributed by atoms with Gasteiger partial charge >= 0.3 is 0 Å². The maximum atomic E-state index is 12.9. The monoisotopic (exact) mass is 460 g/mol. The average molecular weight is 461 g/mol.